The van der Waals surface area contributed by atoms with Gasteiger partial charge in [-0.3, -0.25) is 4.79 Å². The molecule has 1 aliphatic rings. The van der Waals surface area contributed by atoms with E-state index in [0.29, 0.717) is 32.0 Å². The van der Waals surface area contributed by atoms with E-state index < -0.39 is 5.60 Å². The zero-order valence-corrected chi connectivity index (χ0v) is 15.2. The number of halogens is 1. The second kappa shape index (κ2) is 8.14. The van der Waals surface area contributed by atoms with E-state index in [1.54, 1.807) is 18.1 Å². The zero-order chi connectivity index (χ0) is 17.0. The van der Waals surface area contributed by atoms with Gasteiger partial charge >= 0.3 is 6.09 Å². The van der Waals surface area contributed by atoms with Gasteiger partial charge in [-0.15, -0.1) is 12.4 Å². The lowest BCUT2D eigenvalue weighted by Crippen LogP contribution is -2.50. The molecule has 0 saturated carbocycles. The van der Waals surface area contributed by atoms with E-state index in [2.05, 4.69) is 15.3 Å². The van der Waals surface area contributed by atoms with Crippen molar-refractivity contribution in [1.82, 2.24) is 20.2 Å². The Kier molecular flexibility index (Phi) is 6.77. The molecule has 8 nitrogen and oxygen atoms in total. The van der Waals surface area contributed by atoms with Gasteiger partial charge in [0, 0.05) is 33.2 Å². The molecule has 1 saturated heterocycles. The van der Waals surface area contributed by atoms with Gasteiger partial charge in [0.15, 0.2) is 0 Å². The highest BCUT2D eigenvalue weighted by molar-refractivity contribution is 5.91. The number of carbonyl (C=O) groups excluding carboxylic acids is 2. The number of anilines is 1. The molecule has 0 aliphatic carbocycles. The zero-order valence-electron chi connectivity index (χ0n) is 14.4. The number of carbonyl (C=O) groups is 2. The summed E-state index contributed by atoms with van der Waals surface area (Å²) in [5.74, 6) is 0.431. The largest absolute Gasteiger partial charge is 0.444 e. The Morgan fingerprint density at radius 2 is 1.75 bits per heavy atom. The first-order chi connectivity index (χ1) is 10.8. The molecule has 2 amide bonds. The average molecular weight is 358 g/mol. The molecule has 1 aliphatic heterocycles. The minimum Gasteiger partial charge on any atom is -0.444 e. The van der Waals surface area contributed by atoms with Gasteiger partial charge in [-0.05, 0) is 20.8 Å². The van der Waals surface area contributed by atoms with Gasteiger partial charge in [-0.1, -0.05) is 0 Å². The Bertz CT molecular complexity index is 565. The first-order valence-electron chi connectivity index (χ1n) is 7.57. The maximum Gasteiger partial charge on any atom is 0.410 e. The molecule has 9 heteroatoms. The van der Waals surface area contributed by atoms with Gasteiger partial charge < -0.3 is 19.9 Å². The first-order valence-corrected chi connectivity index (χ1v) is 7.57. The molecule has 24 heavy (non-hydrogen) atoms. The third-order valence-electron chi connectivity index (χ3n) is 3.35. The molecule has 0 radical (unpaired) electrons. The number of nitrogens with one attached hydrogen (secondary N) is 1. The summed E-state index contributed by atoms with van der Waals surface area (Å²) in [6.07, 6.45) is 2.74. The van der Waals surface area contributed by atoms with Gasteiger partial charge in [-0.2, -0.15) is 0 Å². The summed E-state index contributed by atoms with van der Waals surface area (Å²) >= 11 is 0. The summed E-state index contributed by atoms with van der Waals surface area (Å²) in [5, 5.41) is 2.50. The maximum atomic E-state index is 12.0. The van der Waals surface area contributed by atoms with Gasteiger partial charge in [0.05, 0.1) is 12.4 Å². The van der Waals surface area contributed by atoms with Crippen LogP contribution in [0.5, 0.6) is 0 Å². The van der Waals surface area contributed by atoms with Crippen LogP contribution in [0.4, 0.5) is 10.6 Å². The van der Waals surface area contributed by atoms with Crippen molar-refractivity contribution in [3.8, 4) is 0 Å². The normalized spacial score (nSPS) is 14.7. The van der Waals surface area contributed by atoms with Crippen molar-refractivity contribution in [3.05, 3.63) is 18.1 Å². The second-order valence-electron chi connectivity index (χ2n) is 6.29. The Morgan fingerprint density at radius 1 is 1.12 bits per heavy atom. The highest BCUT2D eigenvalue weighted by Gasteiger charge is 2.26. The fraction of sp³-hybridized carbons (Fsp3) is 0.600. The van der Waals surface area contributed by atoms with Crippen molar-refractivity contribution in [2.45, 2.75) is 26.4 Å². The molecule has 1 aromatic rings. The summed E-state index contributed by atoms with van der Waals surface area (Å²) in [6.45, 7) is 7.97. The molecule has 0 aromatic carbocycles. The summed E-state index contributed by atoms with van der Waals surface area (Å²) in [7, 11) is 1.55. The Labute approximate surface area is 148 Å². The van der Waals surface area contributed by atoms with Crippen molar-refractivity contribution in [3.63, 3.8) is 0 Å². The molecular weight excluding hydrogens is 334 g/mol. The highest BCUT2D eigenvalue weighted by atomic mass is 35.5. The standard InChI is InChI=1S/C15H23N5O3.ClH/c1-15(2,3)23-14(22)20-7-5-19(6-8-20)12-10-17-11(9-18-12)13(21)16-4;/h9-10H,5-8H2,1-4H3,(H,16,21);1H. The van der Waals surface area contributed by atoms with Crippen LogP contribution in [0, 0.1) is 0 Å². The van der Waals surface area contributed by atoms with Crippen molar-refractivity contribution >= 4 is 30.2 Å². The number of piperazine rings is 1. The number of aromatic nitrogens is 2. The predicted octanol–water partition coefficient (Wildman–Crippen LogP) is 1.32. The third kappa shape index (κ3) is 5.23. The minimum absolute atomic E-state index is 0. The van der Waals surface area contributed by atoms with Crippen LogP contribution in [0.25, 0.3) is 0 Å². The fourth-order valence-corrected chi connectivity index (χ4v) is 2.17. The molecule has 2 heterocycles. The van der Waals surface area contributed by atoms with Crippen molar-refractivity contribution in [1.29, 1.82) is 0 Å². The molecule has 1 fully saturated rings. The van der Waals surface area contributed by atoms with Crippen LogP contribution < -0.4 is 10.2 Å². The maximum absolute atomic E-state index is 12.0. The molecule has 134 valence electrons. The topological polar surface area (TPSA) is 87.7 Å². The number of rotatable bonds is 2. The number of amides is 2. The van der Waals surface area contributed by atoms with Crippen LogP contribution in [-0.4, -0.2) is 65.7 Å². The molecule has 1 N–H and O–H groups in total. The van der Waals surface area contributed by atoms with Crippen molar-refractivity contribution in [2.75, 3.05) is 38.1 Å². The smallest absolute Gasteiger partial charge is 0.410 e. The number of hydrogen-bond acceptors (Lipinski definition) is 6. The number of ether oxygens (including phenoxy) is 1. The van der Waals surface area contributed by atoms with E-state index >= 15 is 0 Å². The number of hydrogen-bond donors (Lipinski definition) is 1. The van der Waals surface area contributed by atoms with Crippen LogP contribution in [0.1, 0.15) is 31.3 Å². The molecule has 0 spiro atoms. The van der Waals surface area contributed by atoms with E-state index in [-0.39, 0.29) is 30.1 Å². The van der Waals surface area contributed by atoms with E-state index in [4.69, 9.17) is 4.74 Å². The van der Waals surface area contributed by atoms with E-state index in [1.165, 1.54) is 6.20 Å². The lowest BCUT2D eigenvalue weighted by Gasteiger charge is -2.36. The second-order valence-corrected chi connectivity index (χ2v) is 6.29. The number of nitrogens with zero attached hydrogens (tertiary/aromatic N) is 4. The lowest BCUT2D eigenvalue weighted by molar-refractivity contribution is 0.0240. The molecule has 2 rings (SSSR count). The third-order valence-corrected chi connectivity index (χ3v) is 3.35. The molecule has 0 unspecified atom stereocenters. The van der Waals surface area contributed by atoms with Gasteiger partial charge in [0.25, 0.3) is 5.91 Å². The van der Waals surface area contributed by atoms with Crippen LogP contribution in [0.2, 0.25) is 0 Å². The highest BCUT2D eigenvalue weighted by Crippen LogP contribution is 2.15. The first kappa shape index (κ1) is 20.0. The minimum atomic E-state index is -0.491. The molecule has 1 aromatic heterocycles. The van der Waals surface area contributed by atoms with Crippen LogP contribution >= 0.6 is 12.4 Å². The quantitative estimate of drug-likeness (QED) is 0.858. The van der Waals surface area contributed by atoms with Crippen LogP contribution in [0.3, 0.4) is 0 Å². The van der Waals surface area contributed by atoms with Crippen molar-refractivity contribution < 1.29 is 14.3 Å². The molecule has 0 atom stereocenters. The summed E-state index contributed by atoms with van der Waals surface area (Å²) < 4.78 is 5.37. The summed E-state index contributed by atoms with van der Waals surface area (Å²) in [5.41, 5.74) is -0.210. The summed E-state index contributed by atoms with van der Waals surface area (Å²) in [4.78, 5) is 35.6. The molecular formula is C15H24ClN5O3. The van der Waals surface area contributed by atoms with Crippen LogP contribution in [-0.2, 0) is 4.74 Å². The van der Waals surface area contributed by atoms with E-state index in [9.17, 15) is 9.59 Å². The monoisotopic (exact) mass is 357 g/mol. The average Bonchev–Trinajstić information content (AvgIpc) is 2.53. The SMILES string of the molecule is CNC(=O)c1cnc(N2CCN(C(=O)OC(C)(C)C)CC2)cn1.Cl. The van der Waals surface area contributed by atoms with E-state index in [0.717, 1.165) is 0 Å². The fourth-order valence-electron chi connectivity index (χ4n) is 2.17. The Hall–Kier alpha value is -2.09. The van der Waals surface area contributed by atoms with Gasteiger partial charge in [-0.25, -0.2) is 14.8 Å². The van der Waals surface area contributed by atoms with Gasteiger partial charge in [0.2, 0.25) is 0 Å². The lowest BCUT2D eigenvalue weighted by atomic mass is 10.2. The van der Waals surface area contributed by atoms with E-state index in [1.807, 2.05) is 25.7 Å². The molecule has 0 bridgehead atoms. The Morgan fingerprint density at radius 3 is 2.21 bits per heavy atom. The Balaban J connectivity index is 0.00000288. The summed E-state index contributed by atoms with van der Waals surface area (Å²) in [6, 6.07) is 0. The van der Waals surface area contributed by atoms with Crippen LogP contribution in [0.15, 0.2) is 12.4 Å². The van der Waals surface area contributed by atoms with Gasteiger partial charge in [0.1, 0.15) is 17.1 Å². The van der Waals surface area contributed by atoms with Crippen molar-refractivity contribution in [2.24, 2.45) is 0 Å². The predicted molar refractivity (Wildman–Crippen MR) is 92.7 cm³/mol.